The second-order valence-corrected chi connectivity index (χ2v) is 3.43. The van der Waals surface area contributed by atoms with E-state index in [1.807, 2.05) is 0 Å². The minimum absolute atomic E-state index is 0.125. The molecule has 2 aromatic rings. The van der Waals surface area contributed by atoms with Crippen molar-refractivity contribution >= 4 is 0 Å². The van der Waals surface area contributed by atoms with Crippen LogP contribution in [0, 0.1) is 5.82 Å². The largest absolute Gasteiger partial charge is 0.416 e. The van der Waals surface area contributed by atoms with Gasteiger partial charge in [0.2, 0.25) is 0 Å². The Kier molecular flexibility index (Phi) is 2.83. The number of hydrogen-bond donors (Lipinski definition) is 0. The van der Waals surface area contributed by atoms with E-state index >= 15 is 0 Å². The van der Waals surface area contributed by atoms with Gasteiger partial charge in [-0.15, -0.1) is 0 Å². The topological polar surface area (TPSA) is 12.9 Å². The van der Waals surface area contributed by atoms with Gasteiger partial charge in [-0.05, 0) is 29.8 Å². The van der Waals surface area contributed by atoms with E-state index in [1.165, 1.54) is 24.5 Å². The summed E-state index contributed by atoms with van der Waals surface area (Å²) in [4.78, 5) is 3.75. The van der Waals surface area contributed by atoms with Crippen LogP contribution >= 0.6 is 0 Å². The summed E-state index contributed by atoms with van der Waals surface area (Å²) in [6, 6.07) is 5.54. The highest BCUT2D eigenvalue weighted by molar-refractivity contribution is 5.63. The lowest BCUT2D eigenvalue weighted by atomic mass is 10.0. The first-order valence-corrected chi connectivity index (χ1v) is 4.75. The number of hydrogen-bond acceptors (Lipinski definition) is 1. The van der Waals surface area contributed by atoms with Gasteiger partial charge in [-0.2, -0.15) is 13.2 Å². The van der Waals surface area contributed by atoms with E-state index in [9.17, 15) is 17.6 Å². The standard InChI is InChI=1S/C12H7F4N/c13-11-7-9(12(14,15)16)1-2-10(11)8-3-5-17-6-4-8/h1-7H. The molecule has 1 aromatic heterocycles. The van der Waals surface area contributed by atoms with E-state index in [-0.39, 0.29) is 5.56 Å². The van der Waals surface area contributed by atoms with Crippen molar-refractivity contribution in [2.75, 3.05) is 0 Å². The van der Waals surface area contributed by atoms with E-state index in [0.717, 1.165) is 12.1 Å². The highest BCUT2D eigenvalue weighted by Gasteiger charge is 2.31. The molecule has 0 fully saturated rings. The van der Waals surface area contributed by atoms with Crippen LogP contribution in [0.25, 0.3) is 11.1 Å². The summed E-state index contributed by atoms with van der Waals surface area (Å²) in [5, 5.41) is 0. The van der Waals surface area contributed by atoms with Gasteiger partial charge in [0.05, 0.1) is 5.56 Å². The van der Waals surface area contributed by atoms with Crippen LogP contribution in [-0.4, -0.2) is 4.98 Å². The molecule has 0 N–H and O–H groups in total. The molecular weight excluding hydrogens is 234 g/mol. The van der Waals surface area contributed by atoms with Crippen molar-refractivity contribution in [1.82, 2.24) is 4.98 Å². The summed E-state index contributed by atoms with van der Waals surface area (Å²) in [5.74, 6) is -0.897. The normalized spacial score (nSPS) is 11.5. The molecule has 1 aromatic carbocycles. The zero-order valence-corrected chi connectivity index (χ0v) is 8.50. The van der Waals surface area contributed by atoms with Crippen molar-refractivity contribution in [1.29, 1.82) is 0 Å². The predicted molar refractivity (Wildman–Crippen MR) is 54.6 cm³/mol. The van der Waals surface area contributed by atoms with Gasteiger partial charge in [-0.1, -0.05) is 6.07 Å². The number of rotatable bonds is 1. The highest BCUT2D eigenvalue weighted by Crippen LogP contribution is 2.32. The fourth-order valence-corrected chi connectivity index (χ4v) is 1.46. The number of nitrogens with zero attached hydrogens (tertiary/aromatic N) is 1. The molecule has 0 radical (unpaired) electrons. The fourth-order valence-electron chi connectivity index (χ4n) is 1.46. The van der Waals surface area contributed by atoms with E-state index in [4.69, 9.17) is 0 Å². The lowest BCUT2D eigenvalue weighted by Gasteiger charge is -2.09. The number of alkyl halides is 3. The van der Waals surface area contributed by atoms with Crippen LogP contribution in [0.2, 0.25) is 0 Å². The van der Waals surface area contributed by atoms with Crippen LogP contribution in [0.5, 0.6) is 0 Å². The van der Waals surface area contributed by atoms with Gasteiger partial charge in [0.25, 0.3) is 0 Å². The lowest BCUT2D eigenvalue weighted by molar-refractivity contribution is -0.137. The van der Waals surface area contributed by atoms with E-state index < -0.39 is 17.6 Å². The molecule has 2 rings (SSSR count). The molecule has 0 unspecified atom stereocenters. The fraction of sp³-hybridized carbons (Fsp3) is 0.0833. The Bertz CT molecular complexity index is 520. The van der Waals surface area contributed by atoms with Crippen molar-refractivity contribution in [3.8, 4) is 11.1 Å². The maximum absolute atomic E-state index is 13.5. The zero-order chi connectivity index (χ0) is 12.5. The van der Waals surface area contributed by atoms with Crippen molar-refractivity contribution in [2.45, 2.75) is 6.18 Å². The Labute approximate surface area is 94.7 Å². The summed E-state index contributed by atoms with van der Waals surface area (Å²) in [7, 11) is 0. The molecule has 0 aliphatic rings. The Morgan fingerprint density at radius 3 is 2.12 bits per heavy atom. The van der Waals surface area contributed by atoms with Crippen LogP contribution in [0.15, 0.2) is 42.7 Å². The smallest absolute Gasteiger partial charge is 0.265 e. The molecule has 5 heteroatoms. The van der Waals surface area contributed by atoms with E-state index in [0.29, 0.717) is 11.6 Å². The summed E-state index contributed by atoms with van der Waals surface area (Å²) < 4.78 is 50.5. The molecular formula is C12H7F4N. The van der Waals surface area contributed by atoms with Gasteiger partial charge in [0, 0.05) is 18.0 Å². The minimum atomic E-state index is -4.53. The third-order valence-corrected chi connectivity index (χ3v) is 2.29. The van der Waals surface area contributed by atoms with E-state index in [1.54, 1.807) is 0 Å². The lowest BCUT2D eigenvalue weighted by Crippen LogP contribution is -2.05. The Morgan fingerprint density at radius 2 is 1.59 bits per heavy atom. The van der Waals surface area contributed by atoms with Crippen LogP contribution in [0.3, 0.4) is 0 Å². The molecule has 1 heterocycles. The average Bonchev–Trinajstić information content (AvgIpc) is 2.29. The molecule has 1 nitrogen and oxygen atoms in total. The molecule has 0 spiro atoms. The summed E-state index contributed by atoms with van der Waals surface area (Å²) in [5.41, 5.74) is -0.376. The van der Waals surface area contributed by atoms with Crippen molar-refractivity contribution in [3.63, 3.8) is 0 Å². The van der Waals surface area contributed by atoms with Gasteiger partial charge in [-0.25, -0.2) is 4.39 Å². The predicted octanol–water partition coefficient (Wildman–Crippen LogP) is 3.91. The maximum Gasteiger partial charge on any atom is 0.416 e. The maximum atomic E-state index is 13.5. The van der Waals surface area contributed by atoms with Gasteiger partial charge in [-0.3, -0.25) is 4.98 Å². The number of aromatic nitrogens is 1. The molecule has 0 aliphatic heterocycles. The molecule has 0 aliphatic carbocycles. The first-order chi connectivity index (χ1) is 7.98. The number of halogens is 4. The molecule has 0 atom stereocenters. The third-order valence-electron chi connectivity index (χ3n) is 2.29. The third kappa shape index (κ3) is 2.43. The monoisotopic (exact) mass is 241 g/mol. The molecule has 0 amide bonds. The first-order valence-electron chi connectivity index (χ1n) is 4.75. The second kappa shape index (κ2) is 4.16. The Morgan fingerprint density at radius 1 is 0.941 bits per heavy atom. The quantitative estimate of drug-likeness (QED) is 0.690. The van der Waals surface area contributed by atoms with E-state index in [2.05, 4.69) is 4.98 Å². The molecule has 17 heavy (non-hydrogen) atoms. The molecule has 0 saturated carbocycles. The van der Waals surface area contributed by atoms with Crippen LogP contribution in [0.4, 0.5) is 17.6 Å². The number of pyridine rings is 1. The van der Waals surface area contributed by atoms with Crippen LogP contribution in [-0.2, 0) is 6.18 Å². The number of benzene rings is 1. The van der Waals surface area contributed by atoms with Gasteiger partial charge in [0.1, 0.15) is 5.82 Å². The highest BCUT2D eigenvalue weighted by atomic mass is 19.4. The Balaban J connectivity index is 2.46. The summed E-state index contributed by atoms with van der Waals surface area (Å²) in [6.07, 6.45) is -1.63. The van der Waals surface area contributed by atoms with Crippen molar-refractivity contribution in [3.05, 3.63) is 54.1 Å². The zero-order valence-electron chi connectivity index (χ0n) is 8.50. The van der Waals surface area contributed by atoms with Crippen molar-refractivity contribution < 1.29 is 17.6 Å². The van der Waals surface area contributed by atoms with Crippen molar-refractivity contribution in [2.24, 2.45) is 0 Å². The minimum Gasteiger partial charge on any atom is -0.265 e. The summed E-state index contributed by atoms with van der Waals surface area (Å²) in [6.45, 7) is 0. The Hall–Kier alpha value is -1.91. The first kappa shape index (κ1) is 11.6. The van der Waals surface area contributed by atoms with Gasteiger partial charge in [0.15, 0.2) is 0 Å². The molecule has 88 valence electrons. The molecule has 0 bridgehead atoms. The van der Waals surface area contributed by atoms with Gasteiger partial charge >= 0.3 is 6.18 Å². The molecule has 0 saturated heterocycles. The SMILES string of the molecule is Fc1cc(C(F)(F)F)ccc1-c1ccncc1. The van der Waals surface area contributed by atoms with Crippen LogP contribution < -0.4 is 0 Å². The van der Waals surface area contributed by atoms with Crippen LogP contribution in [0.1, 0.15) is 5.56 Å². The summed E-state index contributed by atoms with van der Waals surface area (Å²) >= 11 is 0. The van der Waals surface area contributed by atoms with Gasteiger partial charge < -0.3 is 0 Å². The average molecular weight is 241 g/mol. The second-order valence-electron chi connectivity index (χ2n) is 3.43.